The number of nitrogens with two attached hydrogens (primary N) is 2. The molecule has 3 aromatic rings. The van der Waals surface area contributed by atoms with E-state index in [2.05, 4.69) is 9.97 Å². The van der Waals surface area contributed by atoms with Crippen molar-refractivity contribution in [2.75, 3.05) is 18.8 Å². The number of nitrogens with zero attached hydrogens (tertiary/aromatic N) is 3. The lowest BCUT2D eigenvalue weighted by atomic mass is 9.89. The number of primary amides is 1. The van der Waals surface area contributed by atoms with Gasteiger partial charge < -0.3 is 16.4 Å². The van der Waals surface area contributed by atoms with E-state index in [4.69, 9.17) is 11.5 Å². The van der Waals surface area contributed by atoms with Crippen LogP contribution in [-0.2, 0) is 11.2 Å². The Morgan fingerprint density at radius 3 is 2.69 bits per heavy atom. The molecule has 1 aliphatic heterocycles. The lowest BCUT2D eigenvalue weighted by molar-refractivity contribution is -0.131. The predicted molar refractivity (Wildman–Crippen MR) is 119 cm³/mol. The second kappa shape index (κ2) is 9.13. The van der Waals surface area contributed by atoms with Crippen LogP contribution in [0.25, 0.3) is 11.1 Å². The highest BCUT2D eigenvalue weighted by Crippen LogP contribution is 2.34. The largest absolute Gasteiger partial charge is 0.368 e. The fourth-order valence-electron chi connectivity index (χ4n) is 4.10. The summed E-state index contributed by atoms with van der Waals surface area (Å²) in [5.41, 5.74) is 14.8. The van der Waals surface area contributed by atoms with Crippen molar-refractivity contribution in [3.63, 3.8) is 0 Å². The van der Waals surface area contributed by atoms with E-state index in [1.165, 1.54) is 12.1 Å². The topological polar surface area (TPSA) is 115 Å². The molecule has 1 atom stereocenters. The predicted octanol–water partition coefficient (Wildman–Crippen LogP) is 2.91. The summed E-state index contributed by atoms with van der Waals surface area (Å²) in [6.07, 6.45) is 3.53. The van der Waals surface area contributed by atoms with Crippen molar-refractivity contribution < 1.29 is 14.0 Å². The quantitative estimate of drug-likeness (QED) is 0.642. The van der Waals surface area contributed by atoms with Gasteiger partial charge in [-0.25, -0.2) is 14.4 Å². The Kier molecular flexibility index (Phi) is 6.11. The average Bonchev–Trinajstić information content (AvgIpc) is 2.80. The number of hydrogen-bond acceptors (Lipinski definition) is 5. The third-order valence-corrected chi connectivity index (χ3v) is 5.72. The van der Waals surface area contributed by atoms with Gasteiger partial charge in [0.25, 0.3) is 0 Å². The molecule has 0 aliphatic carbocycles. The first-order valence-corrected chi connectivity index (χ1v) is 10.5. The van der Waals surface area contributed by atoms with Crippen molar-refractivity contribution in [3.05, 3.63) is 77.4 Å². The third kappa shape index (κ3) is 4.74. The highest BCUT2D eigenvalue weighted by molar-refractivity contribution is 5.94. The van der Waals surface area contributed by atoms with Crippen LogP contribution < -0.4 is 11.5 Å². The first-order valence-electron chi connectivity index (χ1n) is 10.5. The maximum atomic E-state index is 13.2. The van der Waals surface area contributed by atoms with Crippen molar-refractivity contribution in [2.45, 2.75) is 25.2 Å². The number of benzene rings is 2. The van der Waals surface area contributed by atoms with Gasteiger partial charge in [-0.1, -0.05) is 24.3 Å². The summed E-state index contributed by atoms with van der Waals surface area (Å²) in [5, 5.41) is 0. The van der Waals surface area contributed by atoms with Crippen molar-refractivity contribution in [1.29, 1.82) is 0 Å². The summed E-state index contributed by atoms with van der Waals surface area (Å²) in [6, 6.07) is 13.0. The lowest BCUT2D eigenvalue weighted by Crippen LogP contribution is -2.40. The van der Waals surface area contributed by atoms with Gasteiger partial charge >= 0.3 is 0 Å². The first-order chi connectivity index (χ1) is 15.4. The molecule has 0 bridgehead atoms. The van der Waals surface area contributed by atoms with Gasteiger partial charge in [0.2, 0.25) is 17.8 Å². The number of carbonyl (C=O) groups is 2. The van der Waals surface area contributed by atoms with Crippen LogP contribution in [0.3, 0.4) is 0 Å². The SMILES string of the molecule is NC(=O)c1cccc(-c2cnc(N)nc2C2CCCN(C(=O)Cc3ccc(F)cc3)C2)c1. The number of nitrogen functional groups attached to an aromatic ring is 1. The zero-order valence-electron chi connectivity index (χ0n) is 17.5. The number of anilines is 1. The summed E-state index contributed by atoms with van der Waals surface area (Å²) in [7, 11) is 0. The molecule has 1 unspecified atom stereocenters. The minimum Gasteiger partial charge on any atom is -0.368 e. The molecule has 1 fully saturated rings. The molecule has 1 aromatic heterocycles. The minimum absolute atomic E-state index is 0.0133. The molecule has 2 aromatic carbocycles. The zero-order chi connectivity index (χ0) is 22.7. The molecular weight excluding hydrogens is 409 g/mol. The van der Waals surface area contributed by atoms with Gasteiger partial charge in [-0.3, -0.25) is 9.59 Å². The molecule has 4 N–H and O–H groups in total. The molecule has 2 heterocycles. The van der Waals surface area contributed by atoms with Gasteiger partial charge in [0.1, 0.15) is 5.82 Å². The lowest BCUT2D eigenvalue weighted by Gasteiger charge is -2.33. The minimum atomic E-state index is -0.514. The third-order valence-electron chi connectivity index (χ3n) is 5.72. The molecular formula is C24H24FN5O2. The fourth-order valence-corrected chi connectivity index (χ4v) is 4.10. The van der Waals surface area contributed by atoms with Gasteiger partial charge in [-0.2, -0.15) is 0 Å². The number of likely N-dealkylation sites (tertiary alicyclic amines) is 1. The van der Waals surface area contributed by atoms with Crippen LogP contribution >= 0.6 is 0 Å². The van der Waals surface area contributed by atoms with Gasteiger partial charge in [-0.05, 0) is 48.2 Å². The van der Waals surface area contributed by atoms with E-state index >= 15 is 0 Å². The Hall–Kier alpha value is -3.81. The smallest absolute Gasteiger partial charge is 0.248 e. The Morgan fingerprint density at radius 1 is 1.16 bits per heavy atom. The van der Waals surface area contributed by atoms with Gasteiger partial charge in [-0.15, -0.1) is 0 Å². The highest BCUT2D eigenvalue weighted by Gasteiger charge is 2.28. The van der Waals surface area contributed by atoms with Crippen LogP contribution in [0.15, 0.2) is 54.7 Å². The number of piperidine rings is 1. The van der Waals surface area contributed by atoms with E-state index in [9.17, 15) is 14.0 Å². The summed E-state index contributed by atoms with van der Waals surface area (Å²) in [5.74, 6) is -0.725. The van der Waals surface area contributed by atoms with Crippen LogP contribution in [-0.4, -0.2) is 39.8 Å². The molecule has 1 saturated heterocycles. The number of halogens is 1. The number of hydrogen-bond donors (Lipinski definition) is 2. The van der Waals surface area contributed by atoms with Crippen LogP contribution in [0, 0.1) is 5.82 Å². The number of amides is 2. The summed E-state index contributed by atoms with van der Waals surface area (Å²) in [6.45, 7) is 1.16. The molecule has 7 nitrogen and oxygen atoms in total. The Morgan fingerprint density at radius 2 is 1.94 bits per heavy atom. The summed E-state index contributed by atoms with van der Waals surface area (Å²) in [4.78, 5) is 35.0. The Labute approximate surface area is 185 Å². The van der Waals surface area contributed by atoms with Crippen LogP contribution in [0.1, 0.15) is 40.4 Å². The molecule has 1 aliphatic rings. The fraction of sp³-hybridized carbons (Fsp3) is 0.250. The van der Waals surface area contributed by atoms with E-state index in [0.717, 1.165) is 35.2 Å². The van der Waals surface area contributed by atoms with E-state index in [1.807, 2.05) is 11.0 Å². The molecule has 164 valence electrons. The summed E-state index contributed by atoms with van der Waals surface area (Å²) >= 11 is 0. The van der Waals surface area contributed by atoms with Gasteiger partial charge in [0, 0.05) is 36.3 Å². The Bertz CT molecular complexity index is 1150. The normalized spacial score (nSPS) is 16.0. The van der Waals surface area contributed by atoms with E-state index < -0.39 is 5.91 Å². The Balaban J connectivity index is 1.58. The molecule has 0 radical (unpaired) electrons. The molecule has 0 saturated carbocycles. The van der Waals surface area contributed by atoms with Crippen molar-refractivity contribution in [3.8, 4) is 11.1 Å². The maximum absolute atomic E-state index is 13.2. The van der Waals surface area contributed by atoms with Gasteiger partial charge in [0.05, 0.1) is 12.1 Å². The monoisotopic (exact) mass is 433 g/mol. The second-order valence-electron chi connectivity index (χ2n) is 7.95. The second-order valence-corrected chi connectivity index (χ2v) is 7.95. The summed E-state index contributed by atoms with van der Waals surface area (Å²) < 4.78 is 13.2. The van der Waals surface area contributed by atoms with E-state index in [-0.39, 0.29) is 30.0 Å². The highest BCUT2D eigenvalue weighted by atomic mass is 19.1. The van der Waals surface area contributed by atoms with Crippen LogP contribution in [0.2, 0.25) is 0 Å². The first kappa shape index (κ1) is 21.4. The molecule has 0 spiro atoms. The molecule has 32 heavy (non-hydrogen) atoms. The molecule has 8 heteroatoms. The average molecular weight is 433 g/mol. The maximum Gasteiger partial charge on any atom is 0.248 e. The van der Waals surface area contributed by atoms with Crippen molar-refractivity contribution in [2.24, 2.45) is 5.73 Å². The van der Waals surface area contributed by atoms with Crippen molar-refractivity contribution >= 4 is 17.8 Å². The van der Waals surface area contributed by atoms with Gasteiger partial charge in [0.15, 0.2) is 0 Å². The number of aromatic nitrogens is 2. The van der Waals surface area contributed by atoms with E-state index in [1.54, 1.807) is 36.5 Å². The van der Waals surface area contributed by atoms with Crippen LogP contribution in [0.4, 0.5) is 10.3 Å². The van der Waals surface area contributed by atoms with E-state index in [0.29, 0.717) is 18.7 Å². The number of carbonyl (C=O) groups excluding carboxylic acids is 2. The van der Waals surface area contributed by atoms with Crippen molar-refractivity contribution in [1.82, 2.24) is 14.9 Å². The number of rotatable bonds is 5. The standard InChI is InChI=1S/C24H24FN5O2/c25-19-8-6-15(7-9-19)11-21(31)30-10-2-5-18(14-30)22-20(13-28-24(27)29-22)16-3-1-4-17(12-16)23(26)32/h1,3-4,6-9,12-13,18H,2,5,10-11,14H2,(H2,26,32)(H2,27,28,29). The molecule has 2 amide bonds. The van der Waals surface area contributed by atoms with Crippen LogP contribution in [0.5, 0.6) is 0 Å². The molecule has 4 rings (SSSR count). The zero-order valence-corrected chi connectivity index (χ0v) is 17.5.